The maximum absolute atomic E-state index is 9.97. The Labute approximate surface area is 111 Å². The van der Waals surface area contributed by atoms with Gasteiger partial charge in [0, 0.05) is 45.3 Å². The summed E-state index contributed by atoms with van der Waals surface area (Å²) in [6, 6.07) is 0.584. The van der Waals surface area contributed by atoms with Gasteiger partial charge in [-0.3, -0.25) is 9.80 Å². The average Bonchev–Trinajstić information content (AvgIpc) is 2.55. The minimum Gasteiger partial charge on any atom is -0.392 e. The Morgan fingerprint density at radius 1 is 1.22 bits per heavy atom. The summed E-state index contributed by atoms with van der Waals surface area (Å²) < 4.78 is 0. The van der Waals surface area contributed by atoms with Crippen LogP contribution in [0.4, 0.5) is 0 Å². The molecule has 0 aromatic heterocycles. The van der Waals surface area contributed by atoms with Crippen molar-refractivity contribution in [3.63, 3.8) is 0 Å². The van der Waals surface area contributed by atoms with Crippen molar-refractivity contribution >= 4 is 0 Å². The van der Waals surface area contributed by atoms with E-state index in [1.807, 2.05) is 0 Å². The molecule has 3 aliphatic rings. The van der Waals surface area contributed by atoms with Crippen LogP contribution in [0.15, 0.2) is 0 Å². The molecule has 104 valence electrons. The first kappa shape index (κ1) is 12.9. The van der Waals surface area contributed by atoms with Crippen molar-refractivity contribution in [2.75, 3.05) is 46.3 Å². The van der Waals surface area contributed by atoms with E-state index in [2.05, 4.69) is 35.6 Å². The number of aliphatic hydroxyl groups is 1. The molecular weight excluding hydrogens is 226 g/mol. The van der Waals surface area contributed by atoms with Crippen LogP contribution in [0.3, 0.4) is 0 Å². The van der Waals surface area contributed by atoms with Crippen LogP contribution in [-0.4, -0.2) is 83.8 Å². The minimum absolute atomic E-state index is 0.100. The smallest absolute Gasteiger partial charge is 0.0682 e. The van der Waals surface area contributed by atoms with Gasteiger partial charge in [-0.2, -0.15) is 0 Å². The van der Waals surface area contributed by atoms with E-state index in [9.17, 15) is 5.11 Å². The van der Waals surface area contributed by atoms with Gasteiger partial charge in [0.1, 0.15) is 0 Å². The van der Waals surface area contributed by atoms with E-state index in [0.29, 0.717) is 11.6 Å². The van der Waals surface area contributed by atoms with Crippen LogP contribution in [0.2, 0.25) is 0 Å². The summed E-state index contributed by atoms with van der Waals surface area (Å²) in [5, 5.41) is 9.97. The second-order valence-electron chi connectivity index (χ2n) is 7.18. The fourth-order valence-corrected chi connectivity index (χ4v) is 4.41. The molecule has 3 heterocycles. The summed E-state index contributed by atoms with van der Waals surface area (Å²) in [7, 11) is 2.20. The maximum Gasteiger partial charge on any atom is 0.0682 e. The zero-order valence-electron chi connectivity index (χ0n) is 12.0. The van der Waals surface area contributed by atoms with Crippen molar-refractivity contribution in [1.82, 2.24) is 14.7 Å². The van der Waals surface area contributed by atoms with Gasteiger partial charge in [-0.1, -0.05) is 13.8 Å². The van der Waals surface area contributed by atoms with E-state index in [1.165, 1.54) is 26.2 Å². The number of likely N-dealkylation sites (tertiary alicyclic amines) is 1. The van der Waals surface area contributed by atoms with E-state index in [0.717, 1.165) is 25.4 Å². The predicted octanol–water partition coefficient (Wildman–Crippen LogP) is 0.0774. The largest absolute Gasteiger partial charge is 0.392 e. The van der Waals surface area contributed by atoms with Gasteiger partial charge in [0.05, 0.1) is 11.6 Å². The topological polar surface area (TPSA) is 30.0 Å². The predicted molar refractivity (Wildman–Crippen MR) is 72.6 cm³/mol. The lowest BCUT2D eigenvalue weighted by Gasteiger charge is -2.60. The highest BCUT2D eigenvalue weighted by molar-refractivity contribution is 5.12. The van der Waals surface area contributed by atoms with Crippen LogP contribution in [0.1, 0.15) is 20.3 Å². The zero-order chi connectivity index (χ0) is 12.9. The highest BCUT2D eigenvalue weighted by Gasteiger charge is 2.54. The molecule has 3 fully saturated rings. The van der Waals surface area contributed by atoms with Gasteiger partial charge >= 0.3 is 0 Å². The summed E-state index contributed by atoms with van der Waals surface area (Å²) in [4.78, 5) is 7.66. The first-order chi connectivity index (χ1) is 8.48. The molecule has 3 aliphatic heterocycles. The Morgan fingerprint density at radius 2 is 1.94 bits per heavy atom. The van der Waals surface area contributed by atoms with Gasteiger partial charge in [0.15, 0.2) is 0 Å². The summed E-state index contributed by atoms with van der Waals surface area (Å²) in [6.45, 7) is 11.4. The second kappa shape index (κ2) is 4.44. The van der Waals surface area contributed by atoms with Gasteiger partial charge in [0.25, 0.3) is 0 Å². The summed E-state index contributed by atoms with van der Waals surface area (Å²) >= 11 is 0. The SMILES string of the molecule is CC(C)CN1C[C@H]2C[C@@H](O)CN2C2(CN(C)C2)C1. The number of rotatable bonds is 2. The number of hydrogen-bond acceptors (Lipinski definition) is 4. The van der Waals surface area contributed by atoms with Crippen LogP contribution in [0, 0.1) is 5.92 Å². The first-order valence-corrected chi connectivity index (χ1v) is 7.34. The first-order valence-electron chi connectivity index (χ1n) is 7.34. The third-order valence-corrected chi connectivity index (χ3v) is 4.74. The summed E-state index contributed by atoms with van der Waals surface area (Å²) in [5.41, 5.74) is 0.337. The van der Waals surface area contributed by atoms with Gasteiger partial charge in [0.2, 0.25) is 0 Å². The Bertz CT molecular complexity index is 314. The molecule has 0 aromatic rings. The molecule has 0 amide bonds. The number of piperazine rings is 1. The molecule has 0 aliphatic carbocycles. The summed E-state index contributed by atoms with van der Waals surface area (Å²) in [5.74, 6) is 0.734. The number of β-amino-alcohol motifs (C(OH)–C–C–N with tert-alkyl or cyclic N) is 1. The Hall–Kier alpha value is -0.160. The lowest BCUT2D eigenvalue weighted by atomic mass is 9.84. The Balaban J connectivity index is 1.75. The van der Waals surface area contributed by atoms with E-state index < -0.39 is 0 Å². The number of fused-ring (bicyclic) bond motifs is 2. The molecular formula is C14H27N3O. The molecule has 0 radical (unpaired) electrons. The average molecular weight is 253 g/mol. The molecule has 0 bridgehead atoms. The van der Waals surface area contributed by atoms with Crippen molar-refractivity contribution in [2.24, 2.45) is 5.92 Å². The third-order valence-electron chi connectivity index (χ3n) is 4.74. The van der Waals surface area contributed by atoms with Crippen molar-refractivity contribution in [3.8, 4) is 0 Å². The monoisotopic (exact) mass is 253 g/mol. The van der Waals surface area contributed by atoms with Gasteiger partial charge in [-0.05, 0) is 19.4 Å². The lowest BCUT2D eigenvalue weighted by molar-refractivity contribution is -0.106. The van der Waals surface area contributed by atoms with Crippen molar-refractivity contribution < 1.29 is 5.11 Å². The van der Waals surface area contributed by atoms with Gasteiger partial charge < -0.3 is 10.0 Å². The van der Waals surface area contributed by atoms with E-state index in [-0.39, 0.29) is 6.10 Å². The Kier molecular flexibility index (Phi) is 3.17. The van der Waals surface area contributed by atoms with Crippen LogP contribution in [0.25, 0.3) is 0 Å². The molecule has 0 saturated carbocycles. The highest BCUT2D eigenvalue weighted by atomic mass is 16.3. The van der Waals surface area contributed by atoms with Crippen LogP contribution in [0.5, 0.6) is 0 Å². The molecule has 3 saturated heterocycles. The van der Waals surface area contributed by atoms with E-state index >= 15 is 0 Å². The van der Waals surface area contributed by atoms with E-state index in [1.54, 1.807) is 0 Å². The second-order valence-corrected chi connectivity index (χ2v) is 7.18. The highest BCUT2D eigenvalue weighted by Crippen LogP contribution is 2.38. The van der Waals surface area contributed by atoms with E-state index in [4.69, 9.17) is 0 Å². The number of nitrogens with zero attached hydrogens (tertiary/aromatic N) is 3. The molecule has 1 N–H and O–H groups in total. The fourth-order valence-electron chi connectivity index (χ4n) is 4.41. The minimum atomic E-state index is -0.100. The molecule has 2 atom stereocenters. The Morgan fingerprint density at radius 3 is 2.56 bits per heavy atom. The quantitative estimate of drug-likeness (QED) is 0.755. The standard InChI is InChI=1S/C14H27N3O/c1-11(2)5-16-6-12-4-13(18)7-17(12)14(10-16)8-15(3)9-14/h11-13,18H,4-10H2,1-3H3/t12-,13-/m1/s1. The molecule has 4 heteroatoms. The normalized spacial score (nSPS) is 37.2. The lowest BCUT2D eigenvalue weighted by Crippen LogP contribution is -2.77. The number of aliphatic hydroxyl groups excluding tert-OH is 1. The summed E-state index contributed by atoms with van der Waals surface area (Å²) in [6.07, 6.45) is 0.872. The molecule has 18 heavy (non-hydrogen) atoms. The van der Waals surface area contributed by atoms with Gasteiger partial charge in [-0.25, -0.2) is 0 Å². The molecule has 1 spiro atoms. The van der Waals surface area contributed by atoms with Gasteiger partial charge in [-0.15, -0.1) is 0 Å². The maximum atomic E-state index is 9.97. The van der Waals surface area contributed by atoms with Crippen molar-refractivity contribution in [1.29, 1.82) is 0 Å². The number of hydrogen-bond donors (Lipinski definition) is 1. The molecule has 4 nitrogen and oxygen atoms in total. The zero-order valence-corrected chi connectivity index (χ0v) is 12.0. The van der Waals surface area contributed by atoms with Crippen LogP contribution in [-0.2, 0) is 0 Å². The fraction of sp³-hybridized carbons (Fsp3) is 1.00. The molecule has 3 rings (SSSR count). The third kappa shape index (κ3) is 2.09. The van der Waals surface area contributed by atoms with Crippen LogP contribution < -0.4 is 0 Å². The van der Waals surface area contributed by atoms with Crippen molar-refractivity contribution in [2.45, 2.75) is 38.0 Å². The number of likely N-dealkylation sites (N-methyl/N-ethyl adjacent to an activating group) is 1. The van der Waals surface area contributed by atoms with Crippen LogP contribution >= 0.6 is 0 Å². The van der Waals surface area contributed by atoms with Crippen molar-refractivity contribution in [3.05, 3.63) is 0 Å². The molecule has 0 unspecified atom stereocenters. The molecule has 0 aromatic carbocycles.